The second kappa shape index (κ2) is 5.30. The summed E-state index contributed by atoms with van der Waals surface area (Å²) in [6, 6.07) is 4.66. The van der Waals surface area contributed by atoms with Crippen molar-refractivity contribution in [3.63, 3.8) is 0 Å². The first-order valence-corrected chi connectivity index (χ1v) is 5.85. The molecule has 2 nitrogen and oxygen atoms in total. The standard InChI is InChI=1S/C13H18FNO/c1-10-7-12(14)4-5-13(10)16-9-11-3-2-6-15-8-11/h4-5,7,11,15H,2-3,6,8-9H2,1H3/t11-/m1/s1. The highest BCUT2D eigenvalue weighted by molar-refractivity contribution is 5.32. The summed E-state index contributed by atoms with van der Waals surface area (Å²) >= 11 is 0. The van der Waals surface area contributed by atoms with Gasteiger partial charge in [-0.2, -0.15) is 0 Å². The number of halogens is 1. The summed E-state index contributed by atoms with van der Waals surface area (Å²) in [4.78, 5) is 0. The van der Waals surface area contributed by atoms with E-state index in [1.807, 2.05) is 6.92 Å². The van der Waals surface area contributed by atoms with Gasteiger partial charge in [-0.3, -0.25) is 0 Å². The van der Waals surface area contributed by atoms with Crippen LogP contribution in [0.1, 0.15) is 18.4 Å². The smallest absolute Gasteiger partial charge is 0.123 e. The molecule has 0 radical (unpaired) electrons. The lowest BCUT2D eigenvalue weighted by Gasteiger charge is -2.23. The van der Waals surface area contributed by atoms with Gasteiger partial charge in [0.1, 0.15) is 11.6 Å². The normalized spacial score (nSPS) is 20.8. The van der Waals surface area contributed by atoms with E-state index in [0.717, 1.165) is 31.0 Å². The van der Waals surface area contributed by atoms with E-state index in [2.05, 4.69) is 5.32 Å². The fourth-order valence-electron chi connectivity index (χ4n) is 2.05. The van der Waals surface area contributed by atoms with Crippen LogP contribution in [0.3, 0.4) is 0 Å². The first-order chi connectivity index (χ1) is 7.75. The maximum atomic E-state index is 12.9. The highest BCUT2D eigenvalue weighted by Crippen LogP contribution is 2.20. The lowest BCUT2D eigenvalue weighted by molar-refractivity contribution is 0.217. The molecule has 0 amide bonds. The van der Waals surface area contributed by atoms with Crippen LogP contribution < -0.4 is 10.1 Å². The fourth-order valence-corrected chi connectivity index (χ4v) is 2.05. The Labute approximate surface area is 95.8 Å². The summed E-state index contributed by atoms with van der Waals surface area (Å²) in [6.45, 7) is 4.74. The highest BCUT2D eigenvalue weighted by Gasteiger charge is 2.13. The maximum Gasteiger partial charge on any atom is 0.123 e. The van der Waals surface area contributed by atoms with Gasteiger partial charge in [0.2, 0.25) is 0 Å². The van der Waals surface area contributed by atoms with Crippen LogP contribution in [0, 0.1) is 18.7 Å². The van der Waals surface area contributed by atoms with Crippen molar-refractivity contribution in [3.8, 4) is 5.75 Å². The molecule has 0 bridgehead atoms. The minimum atomic E-state index is -0.204. The molecule has 16 heavy (non-hydrogen) atoms. The molecule has 1 fully saturated rings. The predicted molar refractivity (Wildman–Crippen MR) is 62.2 cm³/mol. The van der Waals surface area contributed by atoms with Crippen LogP contribution in [0.25, 0.3) is 0 Å². The molecular weight excluding hydrogens is 205 g/mol. The van der Waals surface area contributed by atoms with E-state index in [-0.39, 0.29) is 5.82 Å². The van der Waals surface area contributed by atoms with Gasteiger partial charge in [-0.25, -0.2) is 4.39 Å². The van der Waals surface area contributed by atoms with Gasteiger partial charge in [0.05, 0.1) is 6.61 Å². The average Bonchev–Trinajstić information content (AvgIpc) is 2.29. The van der Waals surface area contributed by atoms with E-state index in [1.54, 1.807) is 6.07 Å². The second-order valence-electron chi connectivity index (χ2n) is 4.43. The van der Waals surface area contributed by atoms with E-state index >= 15 is 0 Å². The molecule has 0 unspecified atom stereocenters. The van der Waals surface area contributed by atoms with Gasteiger partial charge in [0.15, 0.2) is 0 Å². The second-order valence-corrected chi connectivity index (χ2v) is 4.43. The molecule has 3 heteroatoms. The molecule has 0 aromatic heterocycles. The monoisotopic (exact) mass is 223 g/mol. The lowest BCUT2D eigenvalue weighted by atomic mass is 10.0. The summed E-state index contributed by atoms with van der Waals surface area (Å²) in [5, 5.41) is 3.35. The molecule has 1 N–H and O–H groups in total. The Kier molecular flexibility index (Phi) is 3.78. The molecule has 2 rings (SSSR count). The van der Waals surface area contributed by atoms with E-state index in [0.29, 0.717) is 5.92 Å². The summed E-state index contributed by atoms with van der Waals surface area (Å²) < 4.78 is 18.6. The third-order valence-electron chi connectivity index (χ3n) is 3.01. The molecule has 88 valence electrons. The third-order valence-corrected chi connectivity index (χ3v) is 3.01. The fraction of sp³-hybridized carbons (Fsp3) is 0.538. The largest absolute Gasteiger partial charge is 0.493 e. The SMILES string of the molecule is Cc1cc(F)ccc1OC[C@@H]1CCCNC1. The number of nitrogens with one attached hydrogen (secondary N) is 1. The quantitative estimate of drug-likeness (QED) is 0.850. The zero-order chi connectivity index (χ0) is 11.4. The highest BCUT2D eigenvalue weighted by atomic mass is 19.1. The van der Waals surface area contributed by atoms with Gasteiger partial charge in [0.25, 0.3) is 0 Å². The van der Waals surface area contributed by atoms with Crippen molar-refractivity contribution in [2.45, 2.75) is 19.8 Å². The Morgan fingerprint density at radius 1 is 1.50 bits per heavy atom. The van der Waals surface area contributed by atoms with Gasteiger partial charge in [-0.1, -0.05) is 0 Å². The minimum absolute atomic E-state index is 0.204. The van der Waals surface area contributed by atoms with Crippen molar-refractivity contribution >= 4 is 0 Å². The number of ether oxygens (including phenoxy) is 1. The molecule has 1 aliphatic heterocycles. The Morgan fingerprint density at radius 2 is 2.38 bits per heavy atom. The third kappa shape index (κ3) is 2.95. The molecule has 1 aliphatic rings. The van der Waals surface area contributed by atoms with Crippen molar-refractivity contribution in [1.29, 1.82) is 0 Å². The Balaban J connectivity index is 1.88. The average molecular weight is 223 g/mol. The minimum Gasteiger partial charge on any atom is -0.493 e. The lowest BCUT2D eigenvalue weighted by Crippen LogP contribution is -2.33. The molecular formula is C13H18FNO. The van der Waals surface area contributed by atoms with E-state index in [1.165, 1.54) is 25.0 Å². The van der Waals surface area contributed by atoms with Crippen molar-refractivity contribution in [2.24, 2.45) is 5.92 Å². The van der Waals surface area contributed by atoms with Gasteiger partial charge in [-0.15, -0.1) is 0 Å². The molecule has 1 heterocycles. The number of piperidine rings is 1. The first-order valence-electron chi connectivity index (χ1n) is 5.85. The zero-order valence-corrected chi connectivity index (χ0v) is 9.63. The van der Waals surface area contributed by atoms with Gasteiger partial charge < -0.3 is 10.1 Å². The maximum absolute atomic E-state index is 12.9. The number of aryl methyl sites for hydroxylation is 1. The van der Waals surface area contributed by atoms with E-state index in [4.69, 9.17) is 4.74 Å². The van der Waals surface area contributed by atoms with E-state index < -0.39 is 0 Å². The molecule has 1 aromatic carbocycles. The van der Waals surface area contributed by atoms with Gasteiger partial charge >= 0.3 is 0 Å². The van der Waals surface area contributed by atoms with Crippen LogP contribution in [-0.4, -0.2) is 19.7 Å². The number of benzene rings is 1. The predicted octanol–water partition coefficient (Wildman–Crippen LogP) is 2.51. The van der Waals surface area contributed by atoms with Gasteiger partial charge in [-0.05, 0) is 50.1 Å². The van der Waals surface area contributed by atoms with Crippen molar-refractivity contribution in [2.75, 3.05) is 19.7 Å². The van der Waals surface area contributed by atoms with Crippen LogP contribution in [0.4, 0.5) is 4.39 Å². The van der Waals surface area contributed by atoms with Crippen LogP contribution in [0.15, 0.2) is 18.2 Å². The first kappa shape index (κ1) is 11.4. The summed E-state index contributed by atoms with van der Waals surface area (Å²) in [7, 11) is 0. The van der Waals surface area contributed by atoms with Crippen LogP contribution in [0.5, 0.6) is 5.75 Å². The van der Waals surface area contributed by atoms with Crippen molar-refractivity contribution < 1.29 is 9.13 Å². The van der Waals surface area contributed by atoms with Crippen molar-refractivity contribution in [3.05, 3.63) is 29.6 Å². The summed E-state index contributed by atoms with van der Waals surface area (Å²) in [5.41, 5.74) is 0.865. The Hall–Kier alpha value is -1.09. The Bertz CT molecular complexity index is 348. The molecule has 0 saturated carbocycles. The zero-order valence-electron chi connectivity index (χ0n) is 9.63. The number of rotatable bonds is 3. The number of hydrogen-bond donors (Lipinski definition) is 1. The summed E-state index contributed by atoms with van der Waals surface area (Å²) in [5.74, 6) is 1.18. The van der Waals surface area contributed by atoms with Crippen molar-refractivity contribution in [1.82, 2.24) is 5.32 Å². The van der Waals surface area contributed by atoms with Crippen LogP contribution >= 0.6 is 0 Å². The van der Waals surface area contributed by atoms with Crippen LogP contribution in [0.2, 0.25) is 0 Å². The molecule has 1 aromatic rings. The summed E-state index contributed by atoms with van der Waals surface area (Å²) in [6.07, 6.45) is 2.43. The van der Waals surface area contributed by atoms with E-state index in [9.17, 15) is 4.39 Å². The van der Waals surface area contributed by atoms with Crippen LogP contribution in [-0.2, 0) is 0 Å². The molecule has 0 aliphatic carbocycles. The molecule has 0 spiro atoms. The number of hydrogen-bond acceptors (Lipinski definition) is 2. The molecule has 1 saturated heterocycles. The topological polar surface area (TPSA) is 21.3 Å². The Morgan fingerprint density at radius 3 is 3.06 bits per heavy atom. The molecule has 1 atom stereocenters. The van der Waals surface area contributed by atoms with Gasteiger partial charge in [0, 0.05) is 12.5 Å².